The first-order chi connectivity index (χ1) is 12.3. The van der Waals surface area contributed by atoms with Crippen molar-refractivity contribution < 1.29 is 23.6 Å². The lowest BCUT2D eigenvalue weighted by molar-refractivity contribution is -0.384. The van der Waals surface area contributed by atoms with Gasteiger partial charge in [-0.1, -0.05) is 23.7 Å². The predicted octanol–water partition coefficient (Wildman–Crippen LogP) is 2.62. The molecule has 0 aliphatic heterocycles. The van der Waals surface area contributed by atoms with Gasteiger partial charge in [-0.2, -0.15) is 0 Å². The summed E-state index contributed by atoms with van der Waals surface area (Å²) in [6.45, 7) is 1.36. The van der Waals surface area contributed by atoms with Gasteiger partial charge in [0.05, 0.1) is 4.92 Å². The second-order valence-corrected chi connectivity index (χ2v) is 5.46. The number of carbonyl (C=O) groups is 2. The van der Waals surface area contributed by atoms with Crippen molar-refractivity contribution >= 4 is 29.1 Å². The summed E-state index contributed by atoms with van der Waals surface area (Å²) in [5, 5.41) is 10.7. The largest absolute Gasteiger partial charge is 0.478 e. The van der Waals surface area contributed by atoms with Crippen LogP contribution in [0.5, 0.6) is 5.75 Å². The van der Waals surface area contributed by atoms with Crippen LogP contribution in [-0.2, 0) is 4.79 Å². The molecule has 2 aromatic carbocycles. The monoisotopic (exact) mass is 381 g/mol. The smallest absolute Gasteiger partial charge is 0.288 e. The molecule has 26 heavy (non-hydrogen) atoms. The number of rotatable bonds is 5. The zero-order valence-electron chi connectivity index (χ0n) is 13.4. The van der Waals surface area contributed by atoms with Gasteiger partial charge in [0.1, 0.15) is 5.02 Å². The first-order valence-electron chi connectivity index (χ1n) is 7.25. The van der Waals surface area contributed by atoms with Gasteiger partial charge in [-0.3, -0.25) is 30.6 Å². The van der Waals surface area contributed by atoms with Crippen molar-refractivity contribution in [3.05, 3.63) is 69.0 Å². The maximum atomic E-state index is 13.5. The third-order valence-electron chi connectivity index (χ3n) is 3.21. The van der Waals surface area contributed by atoms with Crippen LogP contribution in [0.3, 0.4) is 0 Å². The predicted molar refractivity (Wildman–Crippen MR) is 90.2 cm³/mol. The second kappa shape index (κ2) is 8.26. The number of nitro benzene ring substituents is 1. The molecule has 0 aliphatic rings. The molecule has 1 atom stereocenters. The number of hydrogen-bond donors (Lipinski definition) is 2. The quantitative estimate of drug-likeness (QED) is 0.611. The van der Waals surface area contributed by atoms with Crippen LogP contribution in [-0.4, -0.2) is 22.8 Å². The van der Waals surface area contributed by atoms with Crippen LogP contribution in [0.2, 0.25) is 5.02 Å². The summed E-state index contributed by atoms with van der Waals surface area (Å²) in [5.41, 5.74) is 3.66. The fourth-order valence-electron chi connectivity index (χ4n) is 1.87. The van der Waals surface area contributed by atoms with Crippen LogP contribution in [0.15, 0.2) is 42.5 Å². The average Bonchev–Trinajstić information content (AvgIpc) is 2.61. The number of hydrogen-bond acceptors (Lipinski definition) is 5. The lowest BCUT2D eigenvalue weighted by Gasteiger charge is -2.15. The molecule has 2 amide bonds. The van der Waals surface area contributed by atoms with Crippen molar-refractivity contribution in [2.45, 2.75) is 13.0 Å². The van der Waals surface area contributed by atoms with Gasteiger partial charge in [0, 0.05) is 11.6 Å². The first-order valence-corrected chi connectivity index (χ1v) is 7.62. The number of ether oxygens (including phenoxy) is 1. The number of para-hydroxylation sites is 1. The van der Waals surface area contributed by atoms with E-state index in [0.717, 1.165) is 6.07 Å². The van der Waals surface area contributed by atoms with Crippen molar-refractivity contribution in [2.24, 2.45) is 0 Å². The highest BCUT2D eigenvalue weighted by Gasteiger charge is 2.19. The molecule has 0 aromatic heterocycles. The molecule has 0 saturated carbocycles. The van der Waals surface area contributed by atoms with Gasteiger partial charge in [0.2, 0.25) is 0 Å². The normalized spacial score (nSPS) is 11.3. The number of nitrogens with one attached hydrogen (secondary N) is 2. The molecular weight excluding hydrogens is 369 g/mol. The van der Waals surface area contributed by atoms with Crippen molar-refractivity contribution in [1.82, 2.24) is 10.9 Å². The Balaban J connectivity index is 1.96. The average molecular weight is 382 g/mol. The number of hydrazine groups is 1. The second-order valence-electron chi connectivity index (χ2n) is 5.06. The minimum absolute atomic E-state index is 0.0796. The lowest BCUT2D eigenvalue weighted by atomic mass is 10.2. The van der Waals surface area contributed by atoms with Crippen LogP contribution < -0.4 is 15.6 Å². The zero-order chi connectivity index (χ0) is 19.3. The first kappa shape index (κ1) is 19.1. The highest BCUT2D eigenvalue weighted by atomic mass is 35.5. The Morgan fingerprint density at radius 1 is 1.23 bits per heavy atom. The SMILES string of the molecule is C[C@@H](Oc1ccccc1F)C(=O)NNC(=O)c1ccc(Cl)c([N+](=O)[O-])c1. The van der Waals surface area contributed by atoms with E-state index in [4.69, 9.17) is 16.3 Å². The van der Waals surface area contributed by atoms with Gasteiger partial charge < -0.3 is 4.74 Å². The molecule has 0 bridgehead atoms. The van der Waals surface area contributed by atoms with Crippen LogP contribution in [0, 0.1) is 15.9 Å². The zero-order valence-corrected chi connectivity index (χ0v) is 14.1. The molecule has 10 heteroatoms. The van der Waals surface area contributed by atoms with E-state index in [1.54, 1.807) is 0 Å². The Hall–Kier alpha value is -3.20. The van der Waals surface area contributed by atoms with Crippen molar-refractivity contribution in [3.63, 3.8) is 0 Å². The number of nitrogens with zero attached hydrogens (tertiary/aromatic N) is 1. The van der Waals surface area contributed by atoms with Crippen LogP contribution in [0.4, 0.5) is 10.1 Å². The summed E-state index contributed by atoms with van der Waals surface area (Å²) in [6, 6.07) is 8.97. The van der Waals surface area contributed by atoms with E-state index in [1.165, 1.54) is 43.3 Å². The number of halogens is 2. The Kier molecular flexibility index (Phi) is 6.07. The number of carbonyl (C=O) groups excluding carboxylic acids is 2. The molecular formula is C16H13ClFN3O5. The topological polar surface area (TPSA) is 111 Å². The summed E-state index contributed by atoms with van der Waals surface area (Å²) < 4.78 is 18.7. The van der Waals surface area contributed by atoms with Gasteiger partial charge in [0.25, 0.3) is 17.5 Å². The van der Waals surface area contributed by atoms with Crippen molar-refractivity contribution in [2.75, 3.05) is 0 Å². The van der Waals surface area contributed by atoms with Crippen molar-refractivity contribution in [1.29, 1.82) is 0 Å². The summed E-state index contributed by atoms with van der Waals surface area (Å²) in [5.74, 6) is -2.29. The highest BCUT2D eigenvalue weighted by molar-refractivity contribution is 6.32. The van der Waals surface area contributed by atoms with Gasteiger partial charge in [-0.25, -0.2) is 4.39 Å². The van der Waals surface area contributed by atoms with E-state index < -0.39 is 34.3 Å². The summed E-state index contributed by atoms with van der Waals surface area (Å²) in [4.78, 5) is 34.0. The Morgan fingerprint density at radius 3 is 2.58 bits per heavy atom. The van der Waals surface area contributed by atoms with Crippen molar-refractivity contribution in [3.8, 4) is 5.75 Å². The third-order valence-corrected chi connectivity index (χ3v) is 3.53. The Bertz CT molecular complexity index is 862. The minimum atomic E-state index is -1.10. The van der Waals surface area contributed by atoms with Crippen LogP contribution >= 0.6 is 11.6 Å². The standard InChI is InChI=1S/C16H13ClFN3O5/c1-9(26-14-5-3-2-4-12(14)18)15(22)19-20-16(23)10-6-7-11(17)13(8-10)21(24)25/h2-9H,1H3,(H,19,22)(H,20,23)/t9-/m1/s1. The molecule has 2 rings (SSSR count). The molecule has 136 valence electrons. The fourth-order valence-corrected chi connectivity index (χ4v) is 2.06. The summed E-state index contributed by atoms with van der Waals surface area (Å²) in [6.07, 6.45) is -1.10. The number of nitro groups is 1. The van der Waals surface area contributed by atoms with Gasteiger partial charge in [-0.05, 0) is 31.2 Å². The van der Waals surface area contributed by atoms with E-state index in [0.29, 0.717) is 0 Å². The molecule has 0 fully saturated rings. The molecule has 0 aliphatic carbocycles. The van der Waals surface area contributed by atoms with Crippen LogP contribution in [0.1, 0.15) is 17.3 Å². The molecule has 0 heterocycles. The lowest BCUT2D eigenvalue weighted by Crippen LogP contribution is -2.47. The maximum Gasteiger partial charge on any atom is 0.288 e. The minimum Gasteiger partial charge on any atom is -0.478 e. The molecule has 8 nitrogen and oxygen atoms in total. The van der Waals surface area contributed by atoms with E-state index in [-0.39, 0.29) is 16.3 Å². The molecule has 0 saturated heterocycles. The summed E-state index contributed by atoms with van der Waals surface area (Å²) in [7, 11) is 0. The van der Waals surface area contributed by atoms with E-state index >= 15 is 0 Å². The Morgan fingerprint density at radius 2 is 1.92 bits per heavy atom. The van der Waals surface area contributed by atoms with E-state index in [1.807, 2.05) is 0 Å². The number of amides is 2. The highest BCUT2D eigenvalue weighted by Crippen LogP contribution is 2.24. The molecule has 2 N–H and O–H groups in total. The van der Waals surface area contributed by atoms with Gasteiger partial charge in [-0.15, -0.1) is 0 Å². The van der Waals surface area contributed by atoms with Gasteiger partial charge >= 0.3 is 0 Å². The van der Waals surface area contributed by atoms with E-state index in [9.17, 15) is 24.1 Å². The molecule has 0 spiro atoms. The fraction of sp³-hybridized carbons (Fsp3) is 0.125. The maximum absolute atomic E-state index is 13.5. The Labute approximate surface area is 152 Å². The molecule has 0 radical (unpaired) electrons. The molecule has 0 unspecified atom stereocenters. The summed E-state index contributed by atoms with van der Waals surface area (Å²) >= 11 is 5.66. The van der Waals surface area contributed by atoms with E-state index in [2.05, 4.69) is 10.9 Å². The molecule has 2 aromatic rings. The number of benzene rings is 2. The van der Waals surface area contributed by atoms with Gasteiger partial charge in [0.15, 0.2) is 17.7 Å². The van der Waals surface area contributed by atoms with Crippen LogP contribution in [0.25, 0.3) is 0 Å². The third kappa shape index (κ3) is 4.67.